The van der Waals surface area contributed by atoms with E-state index in [0.29, 0.717) is 13.1 Å². The van der Waals surface area contributed by atoms with Gasteiger partial charge in [0, 0.05) is 32.1 Å². The summed E-state index contributed by atoms with van der Waals surface area (Å²) < 4.78 is 7.64. The fourth-order valence-corrected chi connectivity index (χ4v) is 4.61. The number of carbonyl (C=O) groups excluding carboxylic acids is 1. The van der Waals surface area contributed by atoms with E-state index in [9.17, 15) is 4.79 Å². The van der Waals surface area contributed by atoms with Gasteiger partial charge in [-0.05, 0) is 31.4 Å². The molecule has 0 saturated carbocycles. The summed E-state index contributed by atoms with van der Waals surface area (Å²) in [5.41, 5.74) is 2.10. The molecule has 0 aliphatic carbocycles. The Morgan fingerprint density at radius 1 is 1.38 bits per heavy atom. The summed E-state index contributed by atoms with van der Waals surface area (Å²) in [6.45, 7) is 4.02. The molecule has 1 atom stereocenters. The summed E-state index contributed by atoms with van der Waals surface area (Å²) in [7, 11) is 1.92. The second-order valence-electron chi connectivity index (χ2n) is 6.84. The summed E-state index contributed by atoms with van der Waals surface area (Å²) in [6, 6.07) is 12.1. The molecule has 1 fully saturated rings. The monoisotopic (exact) mass is 369 g/mol. The van der Waals surface area contributed by atoms with Gasteiger partial charge < -0.3 is 9.64 Å². The number of rotatable bonds is 5. The van der Waals surface area contributed by atoms with Crippen molar-refractivity contribution >= 4 is 27.5 Å². The molecule has 1 aliphatic heterocycles. The number of amides is 1. The number of nitrogens with zero attached hydrogens (tertiary/aromatic N) is 3. The highest BCUT2D eigenvalue weighted by molar-refractivity contribution is 7.20. The van der Waals surface area contributed by atoms with E-state index in [4.69, 9.17) is 4.74 Å². The zero-order chi connectivity index (χ0) is 18.1. The first kappa shape index (κ1) is 17.2. The van der Waals surface area contributed by atoms with E-state index < -0.39 is 0 Å². The number of aromatic nitrogens is 2. The van der Waals surface area contributed by atoms with Crippen LogP contribution in [0.15, 0.2) is 36.4 Å². The van der Waals surface area contributed by atoms with Crippen LogP contribution < -0.4 is 0 Å². The molecule has 6 heteroatoms. The third kappa shape index (κ3) is 3.39. The van der Waals surface area contributed by atoms with E-state index >= 15 is 0 Å². The summed E-state index contributed by atoms with van der Waals surface area (Å²) in [5.74, 6) is 0.0740. The highest BCUT2D eigenvalue weighted by Crippen LogP contribution is 2.29. The van der Waals surface area contributed by atoms with Crippen LogP contribution in [0.3, 0.4) is 0 Å². The lowest BCUT2D eigenvalue weighted by Crippen LogP contribution is -2.36. The number of hydrogen-bond acceptors (Lipinski definition) is 4. The largest absolute Gasteiger partial charge is 0.376 e. The molecule has 1 aliphatic rings. The minimum Gasteiger partial charge on any atom is -0.376 e. The third-order valence-electron chi connectivity index (χ3n) is 4.86. The molecule has 0 radical (unpaired) electrons. The Balaban J connectivity index is 1.61. The van der Waals surface area contributed by atoms with Gasteiger partial charge in [0.05, 0.1) is 16.7 Å². The van der Waals surface area contributed by atoms with Gasteiger partial charge in [-0.1, -0.05) is 30.3 Å². The number of ether oxygens (including phenoxy) is 1. The van der Waals surface area contributed by atoms with Crippen molar-refractivity contribution in [1.29, 1.82) is 0 Å². The lowest BCUT2D eigenvalue weighted by atomic mass is 10.1. The minimum atomic E-state index is 0.0740. The van der Waals surface area contributed by atoms with Crippen molar-refractivity contribution in [2.45, 2.75) is 32.4 Å². The first-order valence-electron chi connectivity index (χ1n) is 9.00. The average molecular weight is 369 g/mol. The van der Waals surface area contributed by atoms with Gasteiger partial charge in [-0.25, -0.2) is 0 Å². The number of carbonyl (C=O) groups is 1. The smallest absolute Gasteiger partial charge is 0.264 e. The molecule has 3 aromatic rings. The number of thiophene rings is 1. The van der Waals surface area contributed by atoms with Crippen LogP contribution in [0, 0.1) is 6.92 Å². The van der Waals surface area contributed by atoms with Crippen LogP contribution in [0.4, 0.5) is 0 Å². The molecule has 5 nitrogen and oxygen atoms in total. The standard InChI is InChI=1S/C20H23N3O2S/c1-14-17-11-18(26-20(17)22(2)21-14)19(24)23(13-16-9-6-10-25-16)12-15-7-4-3-5-8-15/h3-5,7-8,11,16H,6,9-10,12-13H2,1-2H3/t16-/m1/s1. The number of aryl methyl sites for hydroxylation is 2. The third-order valence-corrected chi connectivity index (χ3v) is 6.05. The molecule has 2 aromatic heterocycles. The Morgan fingerprint density at radius 3 is 2.88 bits per heavy atom. The average Bonchev–Trinajstić information content (AvgIpc) is 3.35. The van der Waals surface area contributed by atoms with E-state index in [2.05, 4.69) is 17.2 Å². The van der Waals surface area contributed by atoms with Crippen LogP contribution in [0.2, 0.25) is 0 Å². The maximum Gasteiger partial charge on any atom is 0.264 e. The fourth-order valence-electron chi connectivity index (χ4n) is 3.52. The minimum absolute atomic E-state index is 0.0740. The molecule has 1 amide bonds. The Morgan fingerprint density at radius 2 is 2.19 bits per heavy atom. The SMILES string of the molecule is Cc1nn(C)c2sc(C(=O)N(Cc3ccccc3)C[C@H]3CCCO3)cc12. The van der Waals surface area contributed by atoms with Crippen molar-refractivity contribution < 1.29 is 9.53 Å². The molecule has 26 heavy (non-hydrogen) atoms. The van der Waals surface area contributed by atoms with Gasteiger partial charge in [0.15, 0.2) is 0 Å². The second-order valence-corrected chi connectivity index (χ2v) is 7.88. The lowest BCUT2D eigenvalue weighted by molar-refractivity contribution is 0.0511. The Hall–Kier alpha value is -2.18. The van der Waals surface area contributed by atoms with E-state index in [-0.39, 0.29) is 12.0 Å². The zero-order valence-electron chi connectivity index (χ0n) is 15.1. The molecule has 4 rings (SSSR count). The van der Waals surface area contributed by atoms with Gasteiger partial charge in [-0.2, -0.15) is 5.10 Å². The van der Waals surface area contributed by atoms with Crippen molar-refractivity contribution in [2.24, 2.45) is 7.05 Å². The van der Waals surface area contributed by atoms with E-state index in [1.54, 1.807) is 0 Å². The molecular weight excluding hydrogens is 346 g/mol. The van der Waals surface area contributed by atoms with E-state index in [0.717, 1.165) is 45.8 Å². The van der Waals surface area contributed by atoms with E-state index in [1.807, 2.05) is 47.8 Å². The summed E-state index contributed by atoms with van der Waals surface area (Å²) in [5, 5.41) is 5.50. The maximum absolute atomic E-state index is 13.3. The molecular formula is C20H23N3O2S. The quantitative estimate of drug-likeness (QED) is 0.688. The summed E-state index contributed by atoms with van der Waals surface area (Å²) in [4.78, 5) is 17.0. The number of fused-ring (bicyclic) bond motifs is 1. The first-order valence-corrected chi connectivity index (χ1v) is 9.81. The van der Waals surface area contributed by atoms with Crippen LogP contribution >= 0.6 is 11.3 Å². The molecule has 3 heterocycles. The topological polar surface area (TPSA) is 47.4 Å². The van der Waals surface area contributed by atoms with Crippen molar-refractivity contribution in [2.75, 3.05) is 13.2 Å². The number of benzene rings is 1. The highest BCUT2D eigenvalue weighted by atomic mass is 32.1. The first-order chi connectivity index (χ1) is 12.6. The predicted molar refractivity (Wildman–Crippen MR) is 103 cm³/mol. The van der Waals surface area contributed by atoms with Crippen LogP contribution in [-0.4, -0.2) is 39.8 Å². The van der Waals surface area contributed by atoms with Crippen LogP contribution in [0.25, 0.3) is 10.2 Å². The van der Waals surface area contributed by atoms with Crippen LogP contribution in [0.1, 0.15) is 33.8 Å². The second kappa shape index (κ2) is 7.21. The lowest BCUT2D eigenvalue weighted by Gasteiger charge is -2.25. The van der Waals surface area contributed by atoms with Crippen molar-refractivity contribution in [3.05, 3.63) is 52.5 Å². The Bertz CT molecular complexity index is 875. The molecule has 0 N–H and O–H groups in total. The highest BCUT2D eigenvalue weighted by Gasteiger charge is 2.25. The van der Waals surface area contributed by atoms with Gasteiger partial charge in [-0.3, -0.25) is 9.48 Å². The molecule has 0 spiro atoms. The van der Waals surface area contributed by atoms with Gasteiger partial charge in [-0.15, -0.1) is 11.3 Å². The molecule has 1 aromatic carbocycles. The van der Waals surface area contributed by atoms with Gasteiger partial charge in [0.2, 0.25) is 0 Å². The predicted octanol–water partition coefficient (Wildman–Crippen LogP) is 3.76. The van der Waals surface area contributed by atoms with Gasteiger partial charge in [0.25, 0.3) is 5.91 Å². The summed E-state index contributed by atoms with van der Waals surface area (Å²) >= 11 is 1.52. The Labute approximate surface area is 157 Å². The van der Waals surface area contributed by atoms with E-state index in [1.165, 1.54) is 11.3 Å². The van der Waals surface area contributed by atoms with Gasteiger partial charge in [0.1, 0.15) is 4.83 Å². The molecule has 136 valence electrons. The molecule has 1 saturated heterocycles. The van der Waals surface area contributed by atoms with Crippen molar-refractivity contribution in [3.63, 3.8) is 0 Å². The van der Waals surface area contributed by atoms with Crippen molar-refractivity contribution in [1.82, 2.24) is 14.7 Å². The van der Waals surface area contributed by atoms with Crippen LogP contribution in [-0.2, 0) is 18.3 Å². The molecule has 0 bridgehead atoms. The van der Waals surface area contributed by atoms with Crippen LogP contribution in [0.5, 0.6) is 0 Å². The Kier molecular flexibility index (Phi) is 4.78. The fraction of sp³-hybridized carbons (Fsp3) is 0.400. The van der Waals surface area contributed by atoms with Gasteiger partial charge >= 0.3 is 0 Å². The zero-order valence-corrected chi connectivity index (χ0v) is 16.0. The normalized spacial score (nSPS) is 17.1. The molecule has 0 unspecified atom stereocenters. The summed E-state index contributed by atoms with van der Waals surface area (Å²) in [6.07, 6.45) is 2.24. The number of hydrogen-bond donors (Lipinski definition) is 0. The van der Waals surface area contributed by atoms with Crippen molar-refractivity contribution in [3.8, 4) is 0 Å². The maximum atomic E-state index is 13.3.